The zero-order chi connectivity index (χ0) is 16.0. The maximum absolute atomic E-state index is 12.6. The topological polar surface area (TPSA) is 71.3 Å². The summed E-state index contributed by atoms with van der Waals surface area (Å²) in [4.78, 5) is 15.2. The molecule has 0 radical (unpaired) electrons. The Labute approximate surface area is 120 Å². The van der Waals surface area contributed by atoms with E-state index in [-0.39, 0.29) is 5.69 Å². The minimum Gasteiger partial charge on any atom is -0.378 e. The Morgan fingerprint density at radius 2 is 2.00 bits per heavy atom. The van der Waals surface area contributed by atoms with Crippen molar-refractivity contribution < 1.29 is 18.1 Å². The lowest BCUT2D eigenvalue weighted by Crippen LogP contribution is -2.28. The third-order valence-electron chi connectivity index (χ3n) is 3.01. The van der Waals surface area contributed by atoms with Crippen LogP contribution in [0.1, 0.15) is 19.5 Å². The van der Waals surface area contributed by atoms with Crippen LogP contribution in [0.15, 0.2) is 12.3 Å². The van der Waals surface area contributed by atoms with E-state index in [1.165, 1.54) is 0 Å². The Hall–Kier alpha value is -1.90. The number of hydrogen-bond acceptors (Lipinski definition) is 5. The Balaban J connectivity index is 2.89. The van der Waals surface area contributed by atoms with Gasteiger partial charge >= 0.3 is 11.9 Å². The molecule has 6 nitrogen and oxygen atoms in total. The van der Waals surface area contributed by atoms with Gasteiger partial charge in [0.2, 0.25) is 0 Å². The number of nitrogens with one attached hydrogen (secondary N) is 1. The molecule has 1 rings (SSSR count). The normalized spacial score (nSPS) is 11.7. The zero-order valence-corrected chi connectivity index (χ0v) is 11.8. The van der Waals surface area contributed by atoms with Gasteiger partial charge in [0.1, 0.15) is 17.6 Å². The zero-order valence-electron chi connectivity index (χ0n) is 11.8. The second-order valence-electron chi connectivity index (χ2n) is 4.30. The van der Waals surface area contributed by atoms with Crippen molar-refractivity contribution in [3.05, 3.63) is 28.1 Å². The summed E-state index contributed by atoms with van der Waals surface area (Å²) in [5.41, 5.74) is -1.80. The third-order valence-corrected chi connectivity index (χ3v) is 3.01. The Kier molecular flexibility index (Phi) is 5.89. The van der Waals surface area contributed by atoms with E-state index in [0.29, 0.717) is 25.4 Å². The lowest BCUT2D eigenvalue weighted by Gasteiger charge is -2.18. The number of likely N-dealkylation sites (N-methyl/N-ethyl adjacent to an activating group) is 1. The highest BCUT2D eigenvalue weighted by Crippen LogP contribution is 2.32. The second-order valence-corrected chi connectivity index (χ2v) is 4.30. The number of alkyl halides is 3. The van der Waals surface area contributed by atoms with Gasteiger partial charge in [-0.25, -0.2) is 4.98 Å². The van der Waals surface area contributed by atoms with Gasteiger partial charge in [-0.1, -0.05) is 13.8 Å². The molecule has 0 aromatic carbocycles. The smallest absolute Gasteiger partial charge is 0.378 e. The van der Waals surface area contributed by atoms with Crippen LogP contribution >= 0.6 is 0 Å². The summed E-state index contributed by atoms with van der Waals surface area (Å²) in [6, 6.07) is 0.667. The Bertz CT molecular complexity index is 490. The van der Waals surface area contributed by atoms with Crippen LogP contribution in [-0.2, 0) is 6.18 Å². The van der Waals surface area contributed by atoms with E-state index in [9.17, 15) is 23.3 Å². The predicted molar refractivity (Wildman–Crippen MR) is 72.2 cm³/mol. The first-order valence-corrected chi connectivity index (χ1v) is 6.47. The maximum atomic E-state index is 12.6. The molecule has 1 aromatic rings. The molecule has 1 heterocycles. The fourth-order valence-electron chi connectivity index (χ4n) is 1.78. The van der Waals surface area contributed by atoms with Crippen molar-refractivity contribution in [2.24, 2.45) is 0 Å². The summed E-state index contributed by atoms with van der Waals surface area (Å²) >= 11 is 0. The molecule has 0 atom stereocenters. The largest absolute Gasteiger partial charge is 0.433 e. The predicted octanol–water partition coefficient (Wildman–Crippen LogP) is 2.76. The molecule has 1 N–H and O–H groups in total. The van der Waals surface area contributed by atoms with Crippen LogP contribution in [0.5, 0.6) is 0 Å². The van der Waals surface area contributed by atoms with Crippen molar-refractivity contribution in [2.75, 3.05) is 31.5 Å². The Morgan fingerprint density at radius 3 is 2.48 bits per heavy atom. The first-order chi connectivity index (χ1) is 9.79. The molecular formula is C12H17F3N4O2. The third kappa shape index (κ3) is 4.85. The van der Waals surface area contributed by atoms with Crippen LogP contribution in [0.3, 0.4) is 0 Å². The van der Waals surface area contributed by atoms with Crippen LogP contribution in [0.25, 0.3) is 0 Å². The molecule has 0 saturated heterocycles. The van der Waals surface area contributed by atoms with Crippen molar-refractivity contribution in [3.8, 4) is 0 Å². The highest BCUT2D eigenvalue weighted by Gasteiger charge is 2.34. The number of rotatable bonds is 7. The molecule has 0 amide bonds. The standard InChI is InChI=1S/C12H17F3N4O2/c1-3-18(4-2)6-5-16-9-7-11(12(13,14)15)17-8-10(9)19(20)21/h7-8H,3-6H2,1-2H3,(H,16,17). The van der Waals surface area contributed by atoms with Crippen molar-refractivity contribution in [1.29, 1.82) is 0 Å². The van der Waals surface area contributed by atoms with Gasteiger partial charge in [0.15, 0.2) is 0 Å². The molecular weight excluding hydrogens is 289 g/mol. The van der Waals surface area contributed by atoms with Crippen LogP contribution < -0.4 is 5.32 Å². The molecule has 9 heteroatoms. The van der Waals surface area contributed by atoms with Crippen molar-refractivity contribution in [1.82, 2.24) is 9.88 Å². The maximum Gasteiger partial charge on any atom is 0.433 e. The van der Waals surface area contributed by atoms with Gasteiger partial charge in [-0.05, 0) is 19.2 Å². The van der Waals surface area contributed by atoms with Gasteiger partial charge in [-0.3, -0.25) is 10.1 Å². The highest BCUT2D eigenvalue weighted by atomic mass is 19.4. The number of pyridine rings is 1. The van der Waals surface area contributed by atoms with Crippen LogP contribution in [0.4, 0.5) is 24.5 Å². The van der Waals surface area contributed by atoms with Crippen LogP contribution in [-0.4, -0.2) is 41.0 Å². The minimum atomic E-state index is -4.63. The van der Waals surface area contributed by atoms with E-state index in [1.54, 1.807) is 0 Å². The van der Waals surface area contributed by atoms with Gasteiger partial charge in [0.05, 0.1) is 4.92 Å². The molecule has 0 bridgehead atoms. The molecule has 21 heavy (non-hydrogen) atoms. The van der Waals surface area contributed by atoms with E-state index in [4.69, 9.17) is 0 Å². The molecule has 0 aliphatic carbocycles. The van der Waals surface area contributed by atoms with Gasteiger partial charge in [0.25, 0.3) is 0 Å². The molecule has 1 aromatic heterocycles. The van der Waals surface area contributed by atoms with E-state index in [2.05, 4.69) is 10.3 Å². The van der Waals surface area contributed by atoms with Gasteiger partial charge in [0, 0.05) is 13.1 Å². The van der Waals surface area contributed by atoms with Gasteiger partial charge in [-0.2, -0.15) is 13.2 Å². The SMILES string of the molecule is CCN(CC)CCNc1cc(C(F)(F)F)ncc1[N+](=O)[O-]. The molecule has 0 fully saturated rings. The average Bonchev–Trinajstić information content (AvgIpc) is 2.42. The van der Waals surface area contributed by atoms with E-state index < -0.39 is 22.5 Å². The number of nitro groups is 1. The van der Waals surface area contributed by atoms with E-state index >= 15 is 0 Å². The fraction of sp³-hybridized carbons (Fsp3) is 0.583. The quantitative estimate of drug-likeness (QED) is 0.619. The van der Waals surface area contributed by atoms with Crippen LogP contribution in [0.2, 0.25) is 0 Å². The van der Waals surface area contributed by atoms with Crippen LogP contribution in [0, 0.1) is 10.1 Å². The van der Waals surface area contributed by atoms with E-state index in [0.717, 1.165) is 13.1 Å². The number of hydrogen-bond donors (Lipinski definition) is 1. The summed E-state index contributed by atoms with van der Waals surface area (Å²) < 4.78 is 37.8. The minimum absolute atomic E-state index is 0.172. The summed E-state index contributed by atoms with van der Waals surface area (Å²) in [6.45, 7) is 6.40. The summed E-state index contributed by atoms with van der Waals surface area (Å²) in [6.07, 6.45) is -4.01. The highest BCUT2D eigenvalue weighted by molar-refractivity contribution is 5.61. The first kappa shape index (κ1) is 17.2. The number of anilines is 1. The summed E-state index contributed by atoms with van der Waals surface area (Å²) in [5, 5.41) is 13.5. The average molecular weight is 306 g/mol. The molecule has 0 unspecified atom stereocenters. The van der Waals surface area contributed by atoms with Crippen molar-refractivity contribution in [2.45, 2.75) is 20.0 Å². The number of halogens is 3. The number of aromatic nitrogens is 1. The lowest BCUT2D eigenvalue weighted by molar-refractivity contribution is -0.384. The lowest BCUT2D eigenvalue weighted by atomic mass is 10.2. The Morgan fingerprint density at radius 1 is 1.38 bits per heavy atom. The first-order valence-electron chi connectivity index (χ1n) is 6.47. The molecule has 0 spiro atoms. The molecule has 118 valence electrons. The fourth-order valence-corrected chi connectivity index (χ4v) is 1.78. The van der Waals surface area contributed by atoms with Gasteiger partial charge in [-0.15, -0.1) is 0 Å². The number of nitrogens with zero attached hydrogens (tertiary/aromatic N) is 3. The monoisotopic (exact) mass is 306 g/mol. The summed E-state index contributed by atoms with van der Waals surface area (Å²) in [7, 11) is 0. The summed E-state index contributed by atoms with van der Waals surface area (Å²) in [5.74, 6) is 0. The van der Waals surface area contributed by atoms with Crippen molar-refractivity contribution >= 4 is 11.4 Å². The van der Waals surface area contributed by atoms with Crippen molar-refractivity contribution in [3.63, 3.8) is 0 Å². The van der Waals surface area contributed by atoms with Gasteiger partial charge < -0.3 is 10.2 Å². The second kappa shape index (κ2) is 7.21. The molecule has 0 aliphatic rings. The van der Waals surface area contributed by atoms with E-state index in [1.807, 2.05) is 18.7 Å². The molecule has 0 saturated carbocycles. The molecule has 0 aliphatic heterocycles.